The quantitative estimate of drug-likeness (QED) is 0.797. The number of fused-ring (bicyclic) bond motifs is 2. The first-order chi connectivity index (χ1) is 12.3. The number of hydrogen-bond acceptors (Lipinski definition) is 6. The third-order valence-corrected chi connectivity index (χ3v) is 5.75. The molecule has 3 N–H and O–H groups in total. The molecule has 3 unspecified atom stereocenters. The molecule has 5 rings (SSSR count). The molecular weight excluding hydrogens is 312 g/mol. The summed E-state index contributed by atoms with van der Waals surface area (Å²) in [6, 6.07) is 11.7. The average molecular weight is 336 g/mol. The smallest absolute Gasteiger partial charge is 0.227 e. The van der Waals surface area contributed by atoms with E-state index >= 15 is 0 Å². The Morgan fingerprint density at radius 3 is 2.76 bits per heavy atom. The summed E-state index contributed by atoms with van der Waals surface area (Å²) in [6.45, 7) is 2.86. The van der Waals surface area contributed by atoms with E-state index in [0.29, 0.717) is 12.1 Å². The third kappa shape index (κ3) is 2.96. The third-order valence-electron chi connectivity index (χ3n) is 5.75. The molecule has 2 fully saturated rings. The van der Waals surface area contributed by atoms with Crippen LogP contribution in [-0.2, 0) is 13.1 Å². The largest absolute Gasteiger partial charge is 0.367 e. The predicted molar refractivity (Wildman–Crippen MR) is 98.0 cm³/mol. The van der Waals surface area contributed by atoms with Crippen molar-refractivity contribution in [2.75, 3.05) is 16.8 Å². The molecule has 2 aliphatic heterocycles. The zero-order valence-corrected chi connectivity index (χ0v) is 14.3. The van der Waals surface area contributed by atoms with Crippen LogP contribution in [0.25, 0.3) is 0 Å². The van der Waals surface area contributed by atoms with Crippen molar-refractivity contribution in [3.8, 4) is 0 Å². The lowest BCUT2D eigenvalue weighted by Gasteiger charge is -2.31. The van der Waals surface area contributed by atoms with Crippen molar-refractivity contribution >= 4 is 11.8 Å². The number of hydrogen-bond donors (Lipinski definition) is 3. The summed E-state index contributed by atoms with van der Waals surface area (Å²) in [6.07, 6.45) is 5.47. The molecule has 1 aromatic carbocycles. The standard InChI is InChI=1S/C19H24N6/c1-2-4-14-12-25(11-13(14)3-1)19-20-8-7-18(23-19)22-16-5-6-17-15(9-16)10-21-24-17/h1-4,7-8,15-17,21,24H,5-6,9-12H2,(H,20,22,23). The van der Waals surface area contributed by atoms with Gasteiger partial charge in [0, 0.05) is 37.9 Å². The summed E-state index contributed by atoms with van der Waals surface area (Å²) < 4.78 is 0. The molecular formula is C19H24N6. The molecule has 1 saturated carbocycles. The lowest BCUT2D eigenvalue weighted by molar-refractivity contribution is 0.314. The molecule has 130 valence electrons. The summed E-state index contributed by atoms with van der Waals surface area (Å²) in [5.41, 5.74) is 9.44. The molecule has 0 amide bonds. The first-order valence-corrected chi connectivity index (χ1v) is 9.25. The van der Waals surface area contributed by atoms with Crippen LogP contribution in [0.2, 0.25) is 0 Å². The maximum Gasteiger partial charge on any atom is 0.227 e. The zero-order chi connectivity index (χ0) is 16.6. The SMILES string of the molecule is c1ccc2c(c1)CN(c1nccc(NC3CCC4NNCC4C3)n1)C2. The molecule has 3 heterocycles. The second-order valence-electron chi connectivity index (χ2n) is 7.41. The van der Waals surface area contributed by atoms with E-state index < -0.39 is 0 Å². The van der Waals surface area contributed by atoms with Gasteiger partial charge in [0.15, 0.2) is 0 Å². The van der Waals surface area contributed by atoms with Gasteiger partial charge in [-0.25, -0.2) is 4.98 Å². The first-order valence-electron chi connectivity index (χ1n) is 9.25. The molecule has 6 nitrogen and oxygen atoms in total. The van der Waals surface area contributed by atoms with Gasteiger partial charge in [0.25, 0.3) is 0 Å². The predicted octanol–water partition coefficient (Wildman–Crippen LogP) is 2.05. The van der Waals surface area contributed by atoms with Gasteiger partial charge >= 0.3 is 0 Å². The number of nitrogens with one attached hydrogen (secondary N) is 3. The van der Waals surface area contributed by atoms with Crippen LogP contribution in [0.5, 0.6) is 0 Å². The Balaban J connectivity index is 1.28. The molecule has 6 heteroatoms. The Morgan fingerprint density at radius 1 is 1.08 bits per heavy atom. The molecule has 0 bridgehead atoms. The van der Waals surface area contributed by atoms with Crippen molar-refractivity contribution in [2.45, 2.75) is 44.4 Å². The van der Waals surface area contributed by atoms with E-state index in [1.165, 1.54) is 30.4 Å². The van der Waals surface area contributed by atoms with Crippen LogP contribution in [-0.4, -0.2) is 28.6 Å². The van der Waals surface area contributed by atoms with E-state index in [1.54, 1.807) is 0 Å². The highest BCUT2D eigenvalue weighted by Gasteiger charge is 2.33. The molecule has 1 aliphatic carbocycles. The highest BCUT2D eigenvalue weighted by Crippen LogP contribution is 2.29. The Labute approximate surface area is 148 Å². The zero-order valence-electron chi connectivity index (χ0n) is 14.3. The topological polar surface area (TPSA) is 65.1 Å². The van der Waals surface area contributed by atoms with Gasteiger partial charge < -0.3 is 10.2 Å². The minimum Gasteiger partial charge on any atom is -0.367 e. The molecule has 25 heavy (non-hydrogen) atoms. The number of benzene rings is 1. The van der Waals surface area contributed by atoms with E-state index in [9.17, 15) is 0 Å². The van der Waals surface area contributed by atoms with Crippen LogP contribution in [0.3, 0.4) is 0 Å². The maximum atomic E-state index is 4.79. The normalized spacial score (nSPS) is 27.8. The van der Waals surface area contributed by atoms with Crippen molar-refractivity contribution < 1.29 is 0 Å². The van der Waals surface area contributed by atoms with Gasteiger partial charge in [-0.1, -0.05) is 24.3 Å². The van der Waals surface area contributed by atoms with Crippen LogP contribution in [0.4, 0.5) is 11.8 Å². The number of nitrogens with zero attached hydrogens (tertiary/aromatic N) is 3. The van der Waals surface area contributed by atoms with Gasteiger partial charge in [0.2, 0.25) is 5.95 Å². The summed E-state index contributed by atoms with van der Waals surface area (Å²) in [4.78, 5) is 11.5. The summed E-state index contributed by atoms with van der Waals surface area (Å²) in [5.74, 6) is 2.49. The maximum absolute atomic E-state index is 4.79. The van der Waals surface area contributed by atoms with E-state index in [0.717, 1.165) is 37.3 Å². The Morgan fingerprint density at radius 2 is 1.92 bits per heavy atom. The molecule has 0 spiro atoms. The first kappa shape index (κ1) is 15.1. The van der Waals surface area contributed by atoms with Gasteiger partial charge in [-0.3, -0.25) is 10.9 Å². The molecule has 2 aromatic rings. The molecule has 1 saturated heterocycles. The van der Waals surface area contributed by atoms with Crippen LogP contribution >= 0.6 is 0 Å². The van der Waals surface area contributed by atoms with Crippen molar-refractivity contribution in [3.05, 3.63) is 47.7 Å². The second-order valence-corrected chi connectivity index (χ2v) is 7.41. The Hall–Kier alpha value is -2.18. The lowest BCUT2D eigenvalue weighted by atomic mass is 9.83. The van der Waals surface area contributed by atoms with E-state index in [4.69, 9.17) is 4.98 Å². The lowest BCUT2D eigenvalue weighted by Crippen LogP contribution is -2.39. The fourth-order valence-electron chi connectivity index (χ4n) is 4.40. The minimum absolute atomic E-state index is 0.501. The van der Waals surface area contributed by atoms with Crippen LogP contribution in [0.15, 0.2) is 36.5 Å². The van der Waals surface area contributed by atoms with Gasteiger partial charge in [0.1, 0.15) is 5.82 Å². The van der Waals surface area contributed by atoms with Crippen LogP contribution in [0.1, 0.15) is 30.4 Å². The highest BCUT2D eigenvalue weighted by atomic mass is 15.4. The van der Waals surface area contributed by atoms with Gasteiger partial charge in [0.05, 0.1) is 0 Å². The molecule has 0 radical (unpaired) electrons. The average Bonchev–Trinajstić information content (AvgIpc) is 3.28. The number of anilines is 2. The van der Waals surface area contributed by atoms with Gasteiger partial charge in [-0.2, -0.15) is 4.98 Å². The van der Waals surface area contributed by atoms with Gasteiger partial charge in [-0.15, -0.1) is 0 Å². The Bertz CT molecular complexity index is 738. The van der Waals surface area contributed by atoms with Crippen molar-refractivity contribution in [1.82, 2.24) is 20.8 Å². The summed E-state index contributed by atoms with van der Waals surface area (Å²) >= 11 is 0. The van der Waals surface area contributed by atoms with Crippen molar-refractivity contribution in [1.29, 1.82) is 0 Å². The van der Waals surface area contributed by atoms with Crippen LogP contribution in [0, 0.1) is 5.92 Å². The summed E-state index contributed by atoms with van der Waals surface area (Å²) in [7, 11) is 0. The van der Waals surface area contributed by atoms with Crippen LogP contribution < -0.4 is 21.1 Å². The van der Waals surface area contributed by atoms with Crippen molar-refractivity contribution in [3.63, 3.8) is 0 Å². The summed E-state index contributed by atoms with van der Waals surface area (Å²) in [5, 5.41) is 3.65. The van der Waals surface area contributed by atoms with Gasteiger partial charge in [-0.05, 0) is 42.4 Å². The minimum atomic E-state index is 0.501. The Kier molecular flexibility index (Phi) is 3.79. The van der Waals surface area contributed by atoms with E-state index in [2.05, 4.69) is 50.3 Å². The highest BCUT2D eigenvalue weighted by molar-refractivity contribution is 5.47. The monoisotopic (exact) mass is 336 g/mol. The molecule has 3 atom stereocenters. The fourth-order valence-corrected chi connectivity index (χ4v) is 4.40. The fraction of sp³-hybridized carbons (Fsp3) is 0.474. The molecule has 1 aromatic heterocycles. The second kappa shape index (κ2) is 6.28. The number of rotatable bonds is 3. The van der Waals surface area contributed by atoms with E-state index in [1.807, 2.05) is 12.3 Å². The number of aromatic nitrogens is 2. The number of hydrazine groups is 1. The van der Waals surface area contributed by atoms with E-state index in [-0.39, 0.29) is 0 Å². The molecule has 3 aliphatic rings. The van der Waals surface area contributed by atoms with Crippen molar-refractivity contribution in [2.24, 2.45) is 5.92 Å².